The van der Waals surface area contributed by atoms with Gasteiger partial charge in [0.1, 0.15) is 5.69 Å². The van der Waals surface area contributed by atoms with Gasteiger partial charge in [-0.1, -0.05) is 36.4 Å². The number of piperidine rings is 1. The van der Waals surface area contributed by atoms with Crippen molar-refractivity contribution < 1.29 is 9.59 Å². The summed E-state index contributed by atoms with van der Waals surface area (Å²) < 4.78 is 1.78. The van der Waals surface area contributed by atoms with Gasteiger partial charge in [-0.2, -0.15) is 5.10 Å². The Bertz CT molecular complexity index is 807. The van der Waals surface area contributed by atoms with E-state index in [4.69, 9.17) is 5.73 Å². The van der Waals surface area contributed by atoms with Crippen molar-refractivity contribution in [3.8, 4) is 11.3 Å². The molecule has 1 fully saturated rings. The van der Waals surface area contributed by atoms with Crippen molar-refractivity contribution in [2.75, 3.05) is 13.1 Å². The molecule has 1 aliphatic heterocycles. The van der Waals surface area contributed by atoms with Crippen molar-refractivity contribution in [3.63, 3.8) is 0 Å². The predicted octanol–water partition coefficient (Wildman–Crippen LogP) is 2.31. The maximum atomic E-state index is 11.9. The van der Waals surface area contributed by atoms with Crippen LogP contribution in [0.4, 0.5) is 0 Å². The van der Waals surface area contributed by atoms with Gasteiger partial charge in [-0.15, -0.1) is 0 Å². The molecule has 2 amide bonds. The Morgan fingerprint density at radius 2 is 2.04 bits per heavy atom. The van der Waals surface area contributed by atoms with Crippen molar-refractivity contribution in [1.82, 2.24) is 14.7 Å². The lowest BCUT2D eigenvalue weighted by molar-refractivity contribution is -0.127. The van der Waals surface area contributed by atoms with Crippen LogP contribution in [0.3, 0.4) is 0 Å². The lowest BCUT2D eigenvalue weighted by Crippen LogP contribution is -2.40. The molecule has 6 nitrogen and oxygen atoms in total. The molecule has 130 valence electrons. The Labute approximate surface area is 146 Å². The van der Waals surface area contributed by atoms with Gasteiger partial charge in [-0.3, -0.25) is 14.3 Å². The topological polar surface area (TPSA) is 81.2 Å². The first-order chi connectivity index (χ1) is 12.0. The standard InChI is InChI=1S/C19H22N4O2/c1-3-17(24)22-10-4-5-15(11-22)23-12-16(19(20)25)18(21-23)14-8-6-13(2)7-9-14/h3,6-9,12,15H,1,4-5,10-11H2,2H3,(H2,20,25). The van der Waals surface area contributed by atoms with E-state index in [-0.39, 0.29) is 11.9 Å². The van der Waals surface area contributed by atoms with Crippen LogP contribution in [0.15, 0.2) is 43.1 Å². The van der Waals surface area contributed by atoms with Crippen molar-refractivity contribution >= 4 is 11.8 Å². The summed E-state index contributed by atoms with van der Waals surface area (Å²) in [6.07, 6.45) is 4.81. The zero-order valence-corrected chi connectivity index (χ0v) is 14.3. The highest BCUT2D eigenvalue weighted by Crippen LogP contribution is 2.27. The average Bonchev–Trinajstić information content (AvgIpc) is 3.07. The molecule has 3 rings (SSSR count). The second-order valence-corrected chi connectivity index (χ2v) is 6.39. The van der Waals surface area contributed by atoms with E-state index in [1.54, 1.807) is 15.8 Å². The summed E-state index contributed by atoms with van der Waals surface area (Å²) in [4.78, 5) is 25.5. The fraction of sp³-hybridized carbons (Fsp3) is 0.316. The number of hydrogen-bond donors (Lipinski definition) is 1. The molecule has 0 aliphatic carbocycles. The smallest absolute Gasteiger partial charge is 0.252 e. The third-order valence-electron chi connectivity index (χ3n) is 4.58. The Morgan fingerprint density at radius 3 is 2.68 bits per heavy atom. The van der Waals surface area contributed by atoms with Crippen molar-refractivity contribution in [1.29, 1.82) is 0 Å². The molecule has 6 heteroatoms. The number of aromatic nitrogens is 2. The number of carbonyl (C=O) groups is 2. The number of nitrogens with zero attached hydrogens (tertiary/aromatic N) is 3. The number of likely N-dealkylation sites (tertiary alicyclic amines) is 1. The molecule has 0 spiro atoms. The SMILES string of the molecule is C=CC(=O)N1CCCC(n2cc(C(N)=O)c(-c3ccc(C)cc3)n2)C1. The summed E-state index contributed by atoms with van der Waals surface area (Å²) in [5.41, 5.74) is 8.52. The number of primary amides is 1. The second-order valence-electron chi connectivity index (χ2n) is 6.39. The van der Waals surface area contributed by atoms with Crippen molar-refractivity contribution in [2.24, 2.45) is 5.73 Å². The van der Waals surface area contributed by atoms with Crippen LogP contribution in [-0.2, 0) is 4.79 Å². The Balaban J connectivity index is 1.93. The number of nitrogens with two attached hydrogens (primary N) is 1. The van der Waals surface area contributed by atoms with Crippen LogP contribution in [0, 0.1) is 6.92 Å². The van der Waals surface area contributed by atoms with E-state index in [1.807, 2.05) is 31.2 Å². The van der Waals surface area contributed by atoms with E-state index < -0.39 is 5.91 Å². The van der Waals surface area contributed by atoms with Gasteiger partial charge < -0.3 is 10.6 Å². The number of rotatable bonds is 4. The van der Waals surface area contributed by atoms with Gasteiger partial charge in [0, 0.05) is 24.8 Å². The molecule has 2 aromatic rings. The predicted molar refractivity (Wildman–Crippen MR) is 96.0 cm³/mol. The van der Waals surface area contributed by atoms with E-state index in [1.165, 1.54) is 6.08 Å². The highest BCUT2D eigenvalue weighted by atomic mass is 16.2. The molecule has 25 heavy (non-hydrogen) atoms. The maximum absolute atomic E-state index is 11.9. The molecule has 0 bridgehead atoms. The first-order valence-corrected chi connectivity index (χ1v) is 8.37. The fourth-order valence-corrected chi connectivity index (χ4v) is 3.18. The summed E-state index contributed by atoms with van der Waals surface area (Å²) in [7, 11) is 0. The monoisotopic (exact) mass is 338 g/mol. The average molecular weight is 338 g/mol. The van der Waals surface area contributed by atoms with E-state index in [2.05, 4.69) is 11.7 Å². The molecule has 1 saturated heterocycles. The summed E-state index contributed by atoms with van der Waals surface area (Å²) in [5.74, 6) is -0.581. The van der Waals surface area contributed by atoms with Gasteiger partial charge in [0.05, 0.1) is 11.6 Å². The molecular formula is C19H22N4O2. The first kappa shape index (κ1) is 17.0. The van der Waals surface area contributed by atoms with Gasteiger partial charge in [-0.25, -0.2) is 0 Å². The van der Waals surface area contributed by atoms with E-state index >= 15 is 0 Å². The summed E-state index contributed by atoms with van der Waals surface area (Å²) in [6.45, 7) is 6.82. The third-order valence-corrected chi connectivity index (χ3v) is 4.58. The first-order valence-electron chi connectivity index (χ1n) is 8.37. The number of hydrogen-bond acceptors (Lipinski definition) is 3. The summed E-state index contributed by atoms with van der Waals surface area (Å²) in [6, 6.07) is 7.84. The van der Waals surface area contributed by atoms with Gasteiger partial charge in [0.25, 0.3) is 5.91 Å². The molecule has 2 heterocycles. The van der Waals surface area contributed by atoms with Crippen LogP contribution in [0.2, 0.25) is 0 Å². The summed E-state index contributed by atoms with van der Waals surface area (Å²) in [5, 5.41) is 4.63. The lowest BCUT2D eigenvalue weighted by atomic mass is 10.1. The molecular weight excluding hydrogens is 316 g/mol. The lowest BCUT2D eigenvalue weighted by Gasteiger charge is -2.32. The zero-order chi connectivity index (χ0) is 18.0. The van der Waals surface area contributed by atoms with E-state index in [9.17, 15) is 9.59 Å². The molecule has 0 saturated carbocycles. The molecule has 1 aromatic carbocycles. The van der Waals surface area contributed by atoms with Gasteiger partial charge in [-0.05, 0) is 25.8 Å². The van der Waals surface area contributed by atoms with Gasteiger partial charge >= 0.3 is 0 Å². The third kappa shape index (κ3) is 3.47. The number of benzene rings is 1. The molecule has 1 unspecified atom stereocenters. The van der Waals surface area contributed by atoms with Crippen LogP contribution in [-0.4, -0.2) is 39.6 Å². The Morgan fingerprint density at radius 1 is 1.32 bits per heavy atom. The van der Waals surface area contributed by atoms with Crippen LogP contribution in [0.1, 0.15) is 34.8 Å². The molecule has 0 radical (unpaired) electrons. The summed E-state index contributed by atoms with van der Waals surface area (Å²) >= 11 is 0. The van der Waals surface area contributed by atoms with E-state index in [0.29, 0.717) is 17.8 Å². The van der Waals surface area contributed by atoms with Gasteiger partial charge in [0.2, 0.25) is 5.91 Å². The maximum Gasteiger partial charge on any atom is 0.252 e. The number of amides is 2. The van der Waals surface area contributed by atoms with Crippen LogP contribution < -0.4 is 5.73 Å². The largest absolute Gasteiger partial charge is 0.365 e. The molecule has 1 aromatic heterocycles. The molecule has 2 N–H and O–H groups in total. The van der Waals surface area contributed by atoms with Crippen LogP contribution in [0.25, 0.3) is 11.3 Å². The molecule has 1 aliphatic rings. The minimum Gasteiger partial charge on any atom is -0.365 e. The Kier molecular flexibility index (Phi) is 4.70. The highest BCUT2D eigenvalue weighted by Gasteiger charge is 2.26. The number of carbonyl (C=O) groups excluding carboxylic acids is 2. The van der Waals surface area contributed by atoms with E-state index in [0.717, 1.165) is 30.5 Å². The number of aryl methyl sites for hydroxylation is 1. The quantitative estimate of drug-likeness (QED) is 0.869. The second kappa shape index (κ2) is 6.93. The highest BCUT2D eigenvalue weighted by molar-refractivity contribution is 5.98. The minimum atomic E-state index is -0.503. The van der Waals surface area contributed by atoms with Crippen molar-refractivity contribution in [3.05, 3.63) is 54.2 Å². The van der Waals surface area contributed by atoms with Crippen LogP contribution >= 0.6 is 0 Å². The molecule has 1 atom stereocenters. The van der Waals surface area contributed by atoms with Gasteiger partial charge in [0.15, 0.2) is 0 Å². The van der Waals surface area contributed by atoms with Crippen molar-refractivity contribution in [2.45, 2.75) is 25.8 Å². The fourth-order valence-electron chi connectivity index (χ4n) is 3.18. The zero-order valence-electron chi connectivity index (χ0n) is 14.3. The van der Waals surface area contributed by atoms with Crippen LogP contribution in [0.5, 0.6) is 0 Å². The minimum absolute atomic E-state index is 0.0231. The Hall–Kier alpha value is -2.89. The normalized spacial score (nSPS) is 17.3.